The fourth-order valence-corrected chi connectivity index (χ4v) is 4.82. The highest BCUT2D eigenvalue weighted by atomic mass is 16.7. The van der Waals surface area contributed by atoms with E-state index in [9.17, 15) is 9.59 Å². The number of likely N-dealkylation sites (tertiary alicyclic amines) is 1. The summed E-state index contributed by atoms with van der Waals surface area (Å²) in [6.07, 6.45) is 8.86. The van der Waals surface area contributed by atoms with Crippen LogP contribution in [0, 0.1) is 5.92 Å². The van der Waals surface area contributed by atoms with Gasteiger partial charge in [-0.3, -0.25) is 9.59 Å². The number of fused-ring (bicyclic) bond motifs is 2. The van der Waals surface area contributed by atoms with Crippen LogP contribution >= 0.6 is 0 Å². The largest absolute Gasteiger partial charge is 0.454 e. The molecule has 4 rings (SSSR count). The van der Waals surface area contributed by atoms with Gasteiger partial charge in [-0.15, -0.1) is 0 Å². The van der Waals surface area contributed by atoms with E-state index in [-0.39, 0.29) is 18.6 Å². The molecule has 0 spiro atoms. The molecule has 0 bridgehead atoms. The highest BCUT2D eigenvalue weighted by Crippen LogP contribution is 2.35. The molecule has 2 heterocycles. The zero-order valence-corrected chi connectivity index (χ0v) is 16.5. The van der Waals surface area contributed by atoms with Crippen LogP contribution in [-0.4, -0.2) is 36.1 Å². The Balaban J connectivity index is 1.18. The summed E-state index contributed by atoms with van der Waals surface area (Å²) in [5, 5.41) is 2.93. The predicted molar refractivity (Wildman–Crippen MR) is 105 cm³/mol. The number of carbonyl (C=O) groups excluding carboxylic acids is 2. The summed E-state index contributed by atoms with van der Waals surface area (Å²) in [6.45, 7) is 1.60. The lowest BCUT2D eigenvalue weighted by atomic mass is 9.78. The Morgan fingerprint density at radius 2 is 1.86 bits per heavy atom. The molecular formula is C22H30N2O4. The number of hydrogen-bond donors (Lipinski definition) is 1. The molecule has 2 amide bonds. The number of piperidine rings is 1. The summed E-state index contributed by atoms with van der Waals surface area (Å²) in [6, 6.07) is 6.13. The topological polar surface area (TPSA) is 67.9 Å². The zero-order chi connectivity index (χ0) is 19.3. The average molecular weight is 386 g/mol. The van der Waals surface area contributed by atoms with Crippen molar-refractivity contribution in [2.75, 3.05) is 13.3 Å². The fourth-order valence-electron chi connectivity index (χ4n) is 4.82. The molecule has 28 heavy (non-hydrogen) atoms. The van der Waals surface area contributed by atoms with Crippen molar-refractivity contribution in [2.45, 2.75) is 70.4 Å². The van der Waals surface area contributed by atoms with Gasteiger partial charge in [0.25, 0.3) is 0 Å². The van der Waals surface area contributed by atoms with E-state index in [0.29, 0.717) is 37.8 Å². The maximum atomic E-state index is 12.7. The van der Waals surface area contributed by atoms with Gasteiger partial charge in [0.1, 0.15) is 0 Å². The standard InChI is InChI=1S/C22H30N2O4/c25-21(23-14-16-10-11-19-20(13-16)28-15-27-19)8-3-9-22(26)24-12-4-6-17-5-1-2-7-18(17)24/h10-11,13,17-18H,1-9,12,14-15H2,(H,23,25). The quantitative estimate of drug-likeness (QED) is 0.814. The first-order valence-electron chi connectivity index (χ1n) is 10.7. The summed E-state index contributed by atoms with van der Waals surface area (Å²) in [4.78, 5) is 27.0. The summed E-state index contributed by atoms with van der Waals surface area (Å²) in [5.41, 5.74) is 0.977. The normalized spacial score (nSPS) is 23.2. The number of nitrogens with zero attached hydrogens (tertiary/aromatic N) is 1. The molecule has 152 valence electrons. The van der Waals surface area contributed by atoms with E-state index in [1.807, 2.05) is 18.2 Å². The molecule has 1 aromatic rings. The summed E-state index contributed by atoms with van der Waals surface area (Å²) >= 11 is 0. The van der Waals surface area contributed by atoms with E-state index < -0.39 is 0 Å². The monoisotopic (exact) mass is 386 g/mol. The second-order valence-electron chi connectivity index (χ2n) is 8.16. The van der Waals surface area contributed by atoms with Crippen LogP contribution in [0.25, 0.3) is 0 Å². The van der Waals surface area contributed by atoms with Gasteiger partial charge < -0.3 is 19.7 Å². The van der Waals surface area contributed by atoms with Crippen LogP contribution in [0.1, 0.15) is 63.4 Å². The minimum Gasteiger partial charge on any atom is -0.454 e. The van der Waals surface area contributed by atoms with Gasteiger partial charge in [0.15, 0.2) is 11.5 Å². The minimum atomic E-state index is -0.0142. The second-order valence-corrected chi connectivity index (χ2v) is 8.16. The molecule has 2 fully saturated rings. The van der Waals surface area contributed by atoms with Crippen molar-refractivity contribution in [1.29, 1.82) is 0 Å². The van der Waals surface area contributed by atoms with E-state index >= 15 is 0 Å². The molecule has 2 atom stereocenters. The van der Waals surface area contributed by atoms with E-state index in [2.05, 4.69) is 10.2 Å². The van der Waals surface area contributed by atoms with Crippen LogP contribution in [0.2, 0.25) is 0 Å². The average Bonchev–Trinajstić information content (AvgIpc) is 3.19. The number of rotatable bonds is 6. The van der Waals surface area contributed by atoms with Crippen molar-refractivity contribution in [2.24, 2.45) is 5.92 Å². The third-order valence-corrected chi connectivity index (χ3v) is 6.28. The smallest absolute Gasteiger partial charge is 0.231 e. The fraction of sp³-hybridized carbons (Fsp3) is 0.636. The molecule has 6 nitrogen and oxygen atoms in total. The molecule has 2 aliphatic heterocycles. The lowest BCUT2D eigenvalue weighted by molar-refractivity contribution is -0.137. The van der Waals surface area contributed by atoms with E-state index in [1.54, 1.807) is 0 Å². The van der Waals surface area contributed by atoms with Gasteiger partial charge in [-0.1, -0.05) is 18.9 Å². The van der Waals surface area contributed by atoms with Gasteiger partial charge in [0, 0.05) is 32.0 Å². The van der Waals surface area contributed by atoms with Gasteiger partial charge in [0.2, 0.25) is 18.6 Å². The summed E-state index contributed by atoms with van der Waals surface area (Å²) in [5.74, 6) is 2.39. The van der Waals surface area contributed by atoms with Crippen molar-refractivity contribution in [1.82, 2.24) is 10.2 Å². The van der Waals surface area contributed by atoms with E-state index in [1.165, 1.54) is 25.7 Å². The Morgan fingerprint density at radius 3 is 2.79 bits per heavy atom. The van der Waals surface area contributed by atoms with Crippen molar-refractivity contribution >= 4 is 11.8 Å². The molecule has 1 aromatic carbocycles. The van der Waals surface area contributed by atoms with Crippen LogP contribution in [-0.2, 0) is 16.1 Å². The van der Waals surface area contributed by atoms with E-state index in [4.69, 9.17) is 9.47 Å². The molecule has 1 N–H and O–H groups in total. The van der Waals surface area contributed by atoms with Gasteiger partial charge in [-0.25, -0.2) is 0 Å². The first-order chi connectivity index (χ1) is 13.7. The third kappa shape index (κ3) is 4.42. The second kappa shape index (κ2) is 8.84. The van der Waals surface area contributed by atoms with Crippen molar-refractivity contribution in [3.05, 3.63) is 23.8 Å². The van der Waals surface area contributed by atoms with Crippen molar-refractivity contribution < 1.29 is 19.1 Å². The van der Waals surface area contributed by atoms with Gasteiger partial charge in [-0.05, 0) is 55.7 Å². The number of amides is 2. The first kappa shape index (κ1) is 19.1. The summed E-state index contributed by atoms with van der Waals surface area (Å²) < 4.78 is 10.6. The Hall–Kier alpha value is -2.24. The van der Waals surface area contributed by atoms with Crippen LogP contribution < -0.4 is 14.8 Å². The Labute approximate surface area is 166 Å². The lowest BCUT2D eigenvalue weighted by Gasteiger charge is -2.44. The highest BCUT2D eigenvalue weighted by molar-refractivity contribution is 5.79. The molecule has 6 heteroatoms. The highest BCUT2D eigenvalue weighted by Gasteiger charge is 2.35. The lowest BCUT2D eigenvalue weighted by Crippen LogP contribution is -2.49. The molecule has 2 unspecified atom stereocenters. The van der Waals surface area contributed by atoms with Crippen molar-refractivity contribution in [3.63, 3.8) is 0 Å². The maximum absolute atomic E-state index is 12.7. The summed E-state index contributed by atoms with van der Waals surface area (Å²) in [7, 11) is 0. The minimum absolute atomic E-state index is 0.0142. The molecule has 1 aliphatic carbocycles. The van der Waals surface area contributed by atoms with Gasteiger partial charge >= 0.3 is 0 Å². The first-order valence-corrected chi connectivity index (χ1v) is 10.7. The molecule has 3 aliphatic rings. The molecule has 1 saturated heterocycles. The predicted octanol–water partition coefficient (Wildman–Crippen LogP) is 3.38. The van der Waals surface area contributed by atoms with Crippen LogP contribution in [0.4, 0.5) is 0 Å². The molecule has 1 saturated carbocycles. The molecule has 0 radical (unpaired) electrons. The Bertz CT molecular complexity index is 718. The van der Waals surface area contributed by atoms with Gasteiger partial charge in [0.05, 0.1) is 0 Å². The molecular weight excluding hydrogens is 356 g/mol. The van der Waals surface area contributed by atoms with Gasteiger partial charge in [-0.2, -0.15) is 0 Å². The van der Waals surface area contributed by atoms with Crippen molar-refractivity contribution in [3.8, 4) is 11.5 Å². The SMILES string of the molecule is O=C(CCCC(=O)N1CCCC2CCCCC21)NCc1ccc2c(c1)OCO2. The van der Waals surface area contributed by atoms with Crippen LogP contribution in [0.3, 0.4) is 0 Å². The number of nitrogens with one attached hydrogen (secondary N) is 1. The number of benzene rings is 1. The van der Waals surface area contributed by atoms with Crippen LogP contribution in [0.5, 0.6) is 11.5 Å². The number of ether oxygens (including phenoxy) is 2. The Kier molecular flexibility index (Phi) is 6.03. The van der Waals surface area contributed by atoms with E-state index in [0.717, 1.165) is 36.4 Å². The number of carbonyl (C=O) groups is 2. The van der Waals surface area contributed by atoms with Crippen LogP contribution in [0.15, 0.2) is 18.2 Å². The number of hydrogen-bond acceptors (Lipinski definition) is 4. The maximum Gasteiger partial charge on any atom is 0.231 e. The Morgan fingerprint density at radius 1 is 1.04 bits per heavy atom. The third-order valence-electron chi connectivity index (χ3n) is 6.28. The molecule has 0 aromatic heterocycles. The zero-order valence-electron chi connectivity index (χ0n) is 16.5.